The molecule has 74 valence electrons. The number of rotatable bonds is 1. The fraction of sp³-hybridized carbons (Fsp3) is 0. The van der Waals surface area contributed by atoms with Gasteiger partial charge in [-0.1, -0.05) is 18.2 Å². The monoisotopic (exact) mass is 262 g/mol. The van der Waals surface area contributed by atoms with Crippen LogP contribution in [0, 0.1) is 0 Å². The van der Waals surface area contributed by atoms with Gasteiger partial charge in [-0.25, -0.2) is 8.42 Å². The predicted molar refractivity (Wildman–Crippen MR) is 46.4 cm³/mol. The van der Waals surface area contributed by atoms with Gasteiger partial charge in [0.1, 0.15) is 0 Å². The van der Waals surface area contributed by atoms with E-state index in [9.17, 15) is 8.42 Å². The van der Waals surface area contributed by atoms with Crippen molar-refractivity contribution < 1.29 is 72.8 Å². The van der Waals surface area contributed by atoms with Gasteiger partial charge in [-0.05, 0) is 12.1 Å². The van der Waals surface area contributed by atoms with E-state index in [1.807, 2.05) is 0 Å². The Labute approximate surface area is 128 Å². The van der Waals surface area contributed by atoms with Gasteiger partial charge in [-0.3, -0.25) is 0 Å². The van der Waals surface area contributed by atoms with Crippen molar-refractivity contribution in [2.24, 2.45) is 0 Å². The summed E-state index contributed by atoms with van der Waals surface area (Å²) in [5.41, 5.74) is 0. The van der Waals surface area contributed by atoms with E-state index in [1.165, 1.54) is 0 Å². The van der Waals surface area contributed by atoms with Gasteiger partial charge in [0.15, 0.2) is 10.7 Å². The first-order valence-corrected chi connectivity index (χ1v) is 5.22. The van der Waals surface area contributed by atoms with Crippen molar-refractivity contribution in [1.82, 2.24) is 0 Å². The second-order valence-electron chi connectivity index (χ2n) is 1.81. The third-order valence-electron chi connectivity index (χ3n) is 0.967. The summed E-state index contributed by atoms with van der Waals surface area (Å²) in [4.78, 5) is 0.368. The normalized spacial score (nSPS) is 8.79. The van der Waals surface area contributed by atoms with E-state index in [0.717, 1.165) is 0 Å². The van der Waals surface area contributed by atoms with Crippen LogP contribution in [-0.2, 0) is 30.1 Å². The third-order valence-corrected chi connectivity index (χ3v) is 1.69. The maximum Gasteiger partial charge on any atom is 1.00 e. The molecule has 0 aliphatic carbocycles. The van der Waals surface area contributed by atoms with E-state index in [0.29, 0.717) is 4.90 Å². The second-order valence-corrected chi connectivity index (χ2v) is 3.27. The minimum Gasteiger partial charge on any atom is -0.439 e. The van der Waals surface area contributed by atoms with Crippen LogP contribution in [0.1, 0.15) is 0 Å². The Bertz CT molecular complexity index is 368. The first kappa shape index (κ1) is 17.1. The van der Waals surface area contributed by atoms with Crippen molar-refractivity contribution in [2.45, 2.75) is 4.90 Å². The average molecular weight is 262 g/mol. The molecule has 0 aliphatic heterocycles. The molecule has 0 fully saturated rings. The molecule has 1 aromatic rings. The molecule has 8 heteroatoms. The summed E-state index contributed by atoms with van der Waals surface area (Å²) >= 11 is 0. The van der Waals surface area contributed by atoms with Crippen LogP contribution >= 0.6 is 0 Å². The molecular formula is C6H7KO5S2. The van der Waals surface area contributed by atoms with Gasteiger partial charge in [0.05, 0.1) is 4.90 Å². The van der Waals surface area contributed by atoms with Crippen molar-refractivity contribution in [3.63, 3.8) is 0 Å². The summed E-state index contributed by atoms with van der Waals surface area (Å²) in [6.45, 7) is 0. The number of benzene rings is 1. The fourth-order valence-electron chi connectivity index (χ4n) is 0.550. The minimum absolute atomic E-state index is 0. The zero-order chi connectivity index (χ0) is 10.3. The molecule has 1 rings (SSSR count). The van der Waals surface area contributed by atoms with E-state index < -0.39 is 21.7 Å². The maximum atomic E-state index is 10.2. The van der Waals surface area contributed by atoms with Gasteiger partial charge >= 0.3 is 51.4 Å². The Kier molecular flexibility index (Phi) is 12.5. The van der Waals surface area contributed by atoms with E-state index in [2.05, 4.69) is 0 Å². The molecule has 0 amide bonds. The standard InChI is InChI=1S/C6H6O2S.K.HO3S/c7-9(8)6-4-2-1-3-5-6;;1-4(2)3/h1-5,9H;;(H,1,2,3)/q;+1;-1. The van der Waals surface area contributed by atoms with Crippen LogP contribution in [0.3, 0.4) is 0 Å². The molecule has 0 radical (unpaired) electrons. The summed E-state index contributed by atoms with van der Waals surface area (Å²) in [5, 5.41) is 0. The minimum atomic E-state index is -2.86. The molecule has 0 atom stereocenters. The molecule has 0 aliphatic rings. The van der Waals surface area contributed by atoms with Gasteiger partial charge in [0.2, 0.25) is 0 Å². The molecule has 0 saturated carbocycles. The van der Waals surface area contributed by atoms with Gasteiger partial charge in [0.25, 0.3) is 0 Å². The Morgan fingerprint density at radius 1 is 1.07 bits per heavy atom. The fourth-order valence-corrected chi connectivity index (χ4v) is 0.965. The molecule has 5 nitrogen and oxygen atoms in total. The van der Waals surface area contributed by atoms with Crippen molar-refractivity contribution >= 4 is 21.7 Å². The van der Waals surface area contributed by atoms with Crippen LogP contribution < -0.4 is 51.4 Å². The molecule has 1 aromatic carbocycles. The quantitative estimate of drug-likeness (QED) is 0.191. The van der Waals surface area contributed by atoms with Crippen LogP contribution in [0.5, 0.6) is 0 Å². The first-order chi connectivity index (χ1) is 6.04. The SMILES string of the molecule is O=[S-](=O)O.O=[SH](=O)c1ccccc1.[K+]. The Balaban J connectivity index is 0. The van der Waals surface area contributed by atoms with Crippen molar-refractivity contribution in [1.29, 1.82) is 0 Å². The summed E-state index contributed by atoms with van der Waals surface area (Å²) in [5.74, 6) is 0. The molecule has 0 unspecified atom stereocenters. The van der Waals surface area contributed by atoms with Gasteiger partial charge in [-0.2, -0.15) is 0 Å². The van der Waals surface area contributed by atoms with E-state index in [-0.39, 0.29) is 51.4 Å². The van der Waals surface area contributed by atoms with Crippen molar-refractivity contribution in [3.05, 3.63) is 30.3 Å². The number of thiol groups is 1. The summed E-state index contributed by atoms with van der Waals surface area (Å²) < 4.78 is 44.6. The van der Waals surface area contributed by atoms with Gasteiger partial charge in [0, 0.05) is 11.0 Å². The van der Waals surface area contributed by atoms with Crippen molar-refractivity contribution in [3.8, 4) is 0 Å². The smallest absolute Gasteiger partial charge is 0.439 e. The van der Waals surface area contributed by atoms with Crippen LogP contribution in [-0.4, -0.2) is 13.0 Å². The number of hydrogen-bond acceptors (Lipinski definition) is 5. The Morgan fingerprint density at radius 3 is 1.64 bits per heavy atom. The summed E-state index contributed by atoms with van der Waals surface area (Å²) in [6.07, 6.45) is 0. The molecule has 0 spiro atoms. The van der Waals surface area contributed by atoms with Crippen LogP contribution in [0.4, 0.5) is 0 Å². The first-order valence-electron chi connectivity index (χ1n) is 3.02. The summed E-state index contributed by atoms with van der Waals surface area (Å²) in [6, 6.07) is 8.29. The number of hydrogen-bond donors (Lipinski definition) is 2. The third kappa shape index (κ3) is 10.8. The van der Waals surface area contributed by atoms with E-state index in [4.69, 9.17) is 13.0 Å². The molecule has 0 bridgehead atoms. The molecule has 0 saturated heterocycles. The zero-order valence-corrected chi connectivity index (χ0v) is 12.2. The molecule has 0 aromatic heterocycles. The molecule has 0 heterocycles. The van der Waals surface area contributed by atoms with Crippen LogP contribution in [0.2, 0.25) is 0 Å². The molecule has 1 N–H and O–H groups in total. The van der Waals surface area contributed by atoms with Gasteiger partial charge < -0.3 is 13.0 Å². The largest absolute Gasteiger partial charge is 1.00 e. The average Bonchev–Trinajstić information content (AvgIpc) is 2.05. The van der Waals surface area contributed by atoms with Gasteiger partial charge in [-0.15, -0.1) is 0 Å². The topological polar surface area (TPSA) is 88.5 Å². The van der Waals surface area contributed by atoms with E-state index >= 15 is 0 Å². The zero-order valence-electron chi connectivity index (χ0n) is 7.32. The maximum absolute atomic E-state index is 10.2. The van der Waals surface area contributed by atoms with E-state index in [1.54, 1.807) is 30.3 Å². The second kappa shape index (κ2) is 10.2. The Hall–Kier alpha value is 0.716. The van der Waals surface area contributed by atoms with Crippen molar-refractivity contribution in [2.75, 3.05) is 0 Å². The molecule has 14 heavy (non-hydrogen) atoms. The summed E-state index contributed by atoms with van der Waals surface area (Å²) in [7, 11) is -5.26. The predicted octanol–water partition coefficient (Wildman–Crippen LogP) is -2.57. The van der Waals surface area contributed by atoms with Crippen LogP contribution in [0.15, 0.2) is 35.2 Å². The Morgan fingerprint density at radius 2 is 1.43 bits per heavy atom. The molecular weight excluding hydrogens is 255 g/mol. The van der Waals surface area contributed by atoms with Crippen LogP contribution in [0.25, 0.3) is 0 Å².